The van der Waals surface area contributed by atoms with Crippen molar-refractivity contribution in [2.45, 2.75) is 23.8 Å². The van der Waals surface area contributed by atoms with Crippen LogP contribution in [0.25, 0.3) is 0 Å². The third-order valence-electron chi connectivity index (χ3n) is 4.92. The number of hydrogen-bond donors (Lipinski definition) is 0. The summed E-state index contributed by atoms with van der Waals surface area (Å²) in [5.41, 5.74) is 0. The number of hydrogen-bond acceptors (Lipinski definition) is 5. The molecule has 2 saturated heterocycles. The van der Waals surface area contributed by atoms with E-state index in [1.165, 1.54) is 25.6 Å². The molecule has 0 radical (unpaired) electrons. The summed E-state index contributed by atoms with van der Waals surface area (Å²) < 4.78 is 64.4. The first kappa shape index (κ1) is 20.2. The molecule has 0 bridgehead atoms. The van der Waals surface area contributed by atoms with Gasteiger partial charge in [0.15, 0.2) is 0 Å². The second-order valence-electron chi connectivity index (χ2n) is 6.72. The van der Waals surface area contributed by atoms with Gasteiger partial charge in [0, 0.05) is 32.7 Å². The van der Waals surface area contributed by atoms with Gasteiger partial charge in [0.2, 0.25) is 26.0 Å². The van der Waals surface area contributed by atoms with E-state index in [1.54, 1.807) is 0 Å². The zero-order valence-corrected chi connectivity index (χ0v) is 16.5. The van der Waals surface area contributed by atoms with Gasteiger partial charge in [0.1, 0.15) is 11.9 Å². The van der Waals surface area contributed by atoms with Crippen molar-refractivity contribution in [3.63, 3.8) is 0 Å². The van der Waals surface area contributed by atoms with Gasteiger partial charge >= 0.3 is 0 Å². The lowest BCUT2D eigenvalue weighted by Crippen LogP contribution is -2.55. The zero-order chi connectivity index (χ0) is 19.8. The first-order valence-electron chi connectivity index (χ1n) is 8.62. The number of benzene rings is 1. The molecule has 0 saturated carbocycles. The average molecular weight is 420 g/mol. The van der Waals surface area contributed by atoms with Crippen molar-refractivity contribution in [3.05, 3.63) is 30.1 Å². The maximum Gasteiger partial charge on any atom is 0.243 e. The average Bonchev–Trinajstić information content (AvgIpc) is 3.12. The summed E-state index contributed by atoms with van der Waals surface area (Å²) in [4.78, 5) is 14.3. The molecule has 1 atom stereocenters. The van der Waals surface area contributed by atoms with Gasteiger partial charge in [-0.25, -0.2) is 21.2 Å². The summed E-state index contributed by atoms with van der Waals surface area (Å²) in [5.74, 6) is -0.798. The molecule has 2 heterocycles. The Balaban J connectivity index is 1.66. The number of amides is 1. The Morgan fingerprint density at radius 1 is 1.00 bits per heavy atom. The number of carbonyl (C=O) groups is 1. The Bertz CT molecular complexity index is 910. The molecule has 0 unspecified atom stereocenters. The Kier molecular flexibility index (Phi) is 5.57. The van der Waals surface area contributed by atoms with Crippen molar-refractivity contribution in [2.24, 2.45) is 0 Å². The largest absolute Gasteiger partial charge is 0.339 e. The van der Waals surface area contributed by atoms with Crippen LogP contribution in [0.2, 0.25) is 0 Å². The van der Waals surface area contributed by atoms with Crippen LogP contribution >= 0.6 is 0 Å². The maximum atomic E-state index is 13.0. The first-order chi connectivity index (χ1) is 12.6. The van der Waals surface area contributed by atoms with Gasteiger partial charge in [0.05, 0.1) is 11.2 Å². The summed E-state index contributed by atoms with van der Waals surface area (Å²) in [7, 11) is -7.22. The van der Waals surface area contributed by atoms with Crippen molar-refractivity contribution in [1.82, 2.24) is 13.5 Å². The predicted octanol–water partition coefficient (Wildman–Crippen LogP) is 0.0826. The molecular weight excluding hydrogens is 397 g/mol. The van der Waals surface area contributed by atoms with E-state index in [0.717, 1.165) is 18.4 Å². The Morgan fingerprint density at radius 2 is 1.59 bits per heavy atom. The van der Waals surface area contributed by atoms with Gasteiger partial charge in [-0.05, 0) is 37.1 Å². The molecule has 2 aliphatic heterocycles. The van der Waals surface area contributed by atoms with Gasteiger partial charge in [-0.2, -0.15) is 8.61 Å². The minimum atomic E-state index is -3.76. The summed E-state index contributed by atoms with van der Waals surface area (Å²) in [6, 6.07) is 3.90. The quantitative estimate of drug-likeness (QED) is 0.689. The summed E-state index contributed by atoms with van der Waals surface area (Å²) >= 11 is 0. The molecule has 1 amide bonds. The Labute approximate surface area is 158 Å². The Hall–Kier alpha value is -1.56. The predicted molar refractivity (Wildman–Crippen MR) is 96.3 cm³/mol. The van der Waals surface area contributed by atoms with Crippen molar-refractivity contribution in [2.75, 3.05) is 39.0 Å². The van der Waals surface area contributed by atoms with Gasteiger partial charge < -0.3 is 4.90 Å². The SMILES string of the molecule is CS(=O)(=O)N1CCC[C@@H]1C(=O)N1CCN(S(=O)(=O)c2ccc(F)cc2)CC1. The molecule has 27 heavy (non-hydrogen) atoms. The normalized spacial score (nSPS) is 22.9. The molecule has 1 aromatic carbocycles. The van der Waals surface area contributed by atoms with E-state index in [4.69, 9.17) is 0 Å². The lowest BCUT2D eigenvalue weighted by molar-refractivity contribution is -0.135. The number of carbonyl (C=O) groups excluding carboxylic acids is 1. The number of halogens is 1. The van der Waals surface area contributed by atoms with Crippen LogP contribution in [-0.2, 0) is 24.8 Å². The van der Waals surface area contributed by atoms with Crippen LogP contribution in [0.15, 0.2) is 29.2 Å². The minimum Gasteiger partial charge on any atom is -0.339 e. The molecule has 1 aromatic rings. The van der Waals surface area contributed by atoms with E-state index < -0.39 is 31.9 Å². The second-order valence-corrected chi connectivity index (χ2v) is 10.6. The maximum absolute atomic E-state index is 13.0. The van der Waals surface area contributed by atoms with Crippen LogP contribution in [0.4, 0.5) is 4.39 Å². The molecule has 0 aliphatic carbocycles. The molecule has 0 N–H and O–H groups in total. The fourth-order valence-corrected chi connectivity index (χ4v) is 6.04. The second kappa shape index (κ2) is 7.46. The highest BCUT2D eigenvalue weighted by atomic mass is 32.2. The molecular formula is C16H22FN3O5S2. The van der Waals surface area contributed by atoms with E-state index in [2.05, 4.69) is 0 Å². The fourth-order valence-electron chi connectivity index (χ4n) is 3.50. The minimum absolute atomic E-state index is 0.00252. The number of piperazine rings is 1. The summed E-state index contributed by atoms with van der Waals surface area (Å²) in [5, 5.41) is 0. The topological polar surface area (TPSA) is 95.1 Å². The van der Waals surface area contributed by atoms with E-state index in [9.17, 15) is 26.0 Å². The molecule has 8 nitrogen and oxygen atoms in total. The first-order valence-corrected chi connectivity index (χ1v) is 11.9. The lowest BCUT2D eigenvalue weighted by atomic mass is 10.2. The third kappa shape index (κ3) is 4.15. The third-order valence-corrected chi connectivity index (χ3v) is 8.12. The van der Waals surface area contributed by atoms with E-state index >= 15 is 0 Å². The van der Waals surface area contributed by atoms with Crippen molar-refractivity contribution in [1.29, 1.82) is 0 Å². The van der Waals surface area contributed by atoms with Crippen LogP contribution in [0.5, 0.6) is 0 Å². The monoisotopic (exact) mass is 419 g/mol. The highest BCUT2D eigenvalue weighted by molar-refractivity contribution is 7.89. The molecule has 0 spiro atoms. The highest BCUT2D eigenvalue weighted by Crippen LogP contribution is 2.24. The van der Waals surface area contributed by atoms with Crippen LogP contribution in [0, 0.1) is 5.82 Å². The summed E-state index contributed by atoms with van der Waals surface area (Å²) in [6.45, 7) is 0.920. The van der Waals surface area contributed by atoms with Crippen LogP contribution < -0.4 is 0 Å². The standard InChI is InChI=1S/C16H22FN3O5S2/c1-26(22,23)20-8-2-3-15(20)16(21)18-9-11-19(12-10-18)27(24,25)14-6-4-13(17)5-7-14/h4-7,15H,2-3,8-12H2,1H3/t15-/m1/s1. The number of nitrogens with zero attached hydrogens (tertiary/aromatic N) is 3. The van der Waals surface area contributed by atoms with Crippen LogP contribution in [0.3, 0.4) is 0 Å². The van der Waals surface area contributed by atoms with E-state index in [1.807, 2.05) is 0 Å². The fraction of sp³-hybridized carbons (Fsp3) is 0.562. The van der Waals surface area contributed by atoms with Crippen LogP contribution in [-0.4, -0.2) is 81.3 Å². The van der Waals surface area contributed by atoms with Crippen LogP contribution in [0.1, 0.15) is 12.8 Å². The van der Waals surface area contributed by atoms with E-state index in [-0.39, 0.29) is 37.0 Å². The summed E-state index contributed by atoms with van der Waals surface area (Å²) in [6.07, 6.45) is 2.19. The number of rotatable bonds is 4. The van der Waals surface area contributed by atoms with Gasteiger partial charge in [0.25, 0.3) is 0 Å². The highest BCUT2D eigenvalue weighted by Gasteiger charge is 2.40. The van der Waals surface area contributed by atoms with Crippen molar-refractivity contribution < 1.29 is 26.0 Å². The smallest absolute Gasteiger partial charge is 0.243 e. The molecule has 0 aromatic heterocycles. The number of sulfonamides is 2. The lowest BCUT2D eigenvalue weighted by Gasteiger charge is -2.36. The van der Waals surface area contributed by atoms with Crippen molar-refractivity contribution in [3.8, 4) is 0 Å². The van der Waals surface area contributed by atoms with Gasteiger partial charge in [-0.15, -0.1) is 0 Å². The molecule has 150 valence electrons. The van der Waals surface area contributed by atoms with Gasteiger partial charge in [-0.3, -0.25) is 4.79 Å². The molecule has 11 heteroatoms. The molecule has 2 aliphatic rings. The van der Waals surface area contributed by atoms with Crippen molar-refractivity contribution >= 4 is 26.0 Å². The van der Waals surface area contributed by atoms with E-state index in [0.29, 0.717) is 19.4 Å². The van der Waals surface area contributed by atoms with Gasteiger partial charge in [-0.1, -0.05) is 0 Å². The molecule has 2 fully saturated rings. The molecule has 3 rings (SSSR count). The Morgan fingerprint density at radius 3 is 2.15 bits per heavy atom. The zero-order valence-electron chi connectivity index (χ0n) is 14.9.